The van der Waals surface area contributed by atoms with Crippen LogP contribution in [0.15, 0.2) is 0 Å². The first kappa shape index (κ1) is 12.5. The molecule has 12 heavy (non-hydrogen) atoms. The molecule has 5 heteroatoms. The Hall–Kier alpha value is 0.460. The average Bonchev–Trinajstić information content (AvgIpc) is 2.29. The summed E-state index contributed by atoms with van der Waals surface area (Å²) in [5.41, 5.74) is 0. The van der Waals surface area contributed by atoms with Crippen LogP contribution >= 0.6 is 24.8 Å². The summed E-state index contributed by atoms with van der Waals surface area (Å²) in [7, 11) is 0. The topological polar surface area (TPSA) is 33.3 Å². The van der Waals surface area contributed by atoms with Crippen molar-refractivity contribution < 1.29 is 4.74 Å². The van der Waals surface area contributed by atoms with E-state index in [0.29, 0.717) is 12.1 Å². The minimum atomic E-state index is 0. The third-order valence-corrected chi connectivity index (χ3v) is 2.17. The molecule has 0 radical (unpaired) electrons. The Morgan fingerprint density at radius 3 is 2.33 bits per heavy atom. The molecule has 0 unspecified atom stereocenters. The van der Waals surface area contributed by atoms with Crippen LogP contribution in [0.4, 0.5) is 0 Å². The molecule has 0 saturated carbocycles. The van der Waals surface area contributed by atoms with E-state index >= 15 is 0 Å². The Kier molecular flexibility index (Phi) is 6.23. The molecule has 0 amide bonds. The maximum atomic E-state index is 5.06. The van der Waals surface area contributed by atoms with E-state index in [1.54, 1.807) is 0 Å². The lowest BCUT2D eigenvalue weighted by atomic mass is 10.2. The molecule has 1 atom stereocenters. The highest BCUT2D eigenvalue weighted by Gasteiger charge is 2.23. The predicted octanol–water partition coefficient (Wildman–Crippen LogP) is 0.180. The van der Waals surface area contributed by atoms with Crippen molar-refractivity contribution >= 4 is 24.8 Å². The highest BCUT2D eigenvalue weighted by Crippen LogP contribution is 2.04. The molecule has 0 aliphatic carbocycles. The summed E-state index contributed by atoms with van der Waals surface area (Å²) in [4.78, 5) is 0. The minimum Gasteiger partial charge on any atom is -0.378 e. The fourth-order valence-corrected chi connectivity index (χ4v) is 1.46. The lowest BCUT2D eigenvalue weighted by Crippen LogP contribution is -2.50. The van der Waals surface area contributed by atoms with Crippen LogP contribution in [0, 0.1) is 0 Å². The first-order valence-corrected chi connectivity index (χ1v) is 3.99. The summed E-state index contributed by atoms with van der Waals surface area (Å²) in [6.07, 6.45) is 1.27. The number of halogens is 2. The first-order valence-electron chi connectivity index (χ1n) is 3.99. The van der Waals surface area contributed by atoms with Gasteiger partial charge in [0.25, 0.3) is 0 Å². The highest BCUT2D eigenvalue weighted by molar-refractivity contribution is 5.85. The zero-order chi connectivity index (χ0) is 6.81. The van der Waals surface area contributed by atoms with Crippen molar-refractivity contribution in [1.29, 1.82) is 0 Å². The molecule has 2 heterocycles. The smallest absolute Gasteiger partial charge is 0.0643 e. The molecule has 0 aromatic heterocycles. The molecular formula is C7H16Cl2N2O. The second-order valence-corrected chi connectivity index (χ2v) is 3.09. The van der Waals surface area contributed by atoms with E-state index in [2.05, 4.69) is 10.6 Å². The molecule has 2 fully saturated rings. The summed E-state index contributed by atoms with van der Waals surface area (Å²) in [6, 6.07) is 1.35. The van der Waals surface area contributed by atoms with E-state index in [1.165, 1.54) is 13.0 Å². The minimum absolute atomic E-state index is 0. The fraction of sp³-hybridized carbons (Fsp3) is 1.00. The van der Waals surface area contributed by atoms with Crippen LogP contribution in [0.5, 0.6) is 0 Å². The van der Waals surface area contributed by atoms with Crippen molar-refractivity contribution in [2.24, 2.45) is 0 Å². The SMILES string of the molecule is C1C[C@@H](NC2COC2)CN1.Cl.Cl. The van der Waals surface area contributed by atoms with Gasteiger partial charge in [0, 0.05) is 12.6 Å². The van der Waals surface area contributed by atoms with Gasteiger partial charge in [0.2, 0.25) is 0 Å². The van der Waals surface area contributed by atoms with Gasteiger partial charge < -0.3 is 15.4 Å². The number of hydrogen-bond donors (Lipinski definition) is 2. The number of ether oxygens (including phenoxy) is 1. The monoisotopic (exact) mass is 214 g/mol. The van der Waals surface area contributed by atoms with Gasteiger partial charge in [0.05, 0.1) is 19.3 Å². The van der Waals surface area contributed by atoms with Crippen LogP contribution in [0.1, 0.15) is 6.42 Å². The molecule has 3 nitrogen and oxygen atoms in total. The predicted molar refractivity (Wildman–Crippen MR) is 53.5 cm³/mol. The normalized spacial score (nSPS) is 28.5. The Balaban J connectivity index is 0.000000605. The van der Waals surface area contributed by atoms with Gasteiger partial charge in [-0.1, -0.05) is 0 Å². The van der Waals surface area contributed by atoms with Gasteiger partial charge in [-0.2, -0.15) is 0 Å². The van der Waals surface area contributed by atoms with Gasteiger partial charge in [-0.05, 0) is 13.0 Å². The van der Waals surface area contributed by atoms with Crippen LogP contribution in [0.25, 0.3) is 0 Å². The lowest BCUT2D eigenvalue weighted by molar-refractivity contribution is -0.00902. The molecule has 2 rings (SSSR count). The third-order valence-electron chi connectivity index (χ3n) is 2.17. The van der Waals surface area contributed by atoms with Crippen molar-refractivity contribution in [2.45, 2.75) is 18.5 Å². The van der Waals surface area contributed by atoms with Crippen LogP contribution in [0.2, 0.25) is 0 Å². The standard InChI is InChI=1S/C7H14N2O.2ClH/c1-2-8-3-6(1)9-7-4-10-5-7;;/h6-9H,1-5H2;2*1H/t6-;;/m1../s1. The number of rotatable bonds is 2. The van der Waals surface area contributed by atoms with E-state index in [1.807, 2.05) is 0 Å². The maximum absolute atomic E-state index is 5.06. The molecule has 2 aliphatic rings. The second-order valence-electron chi connectivity index (χ2n) is 3.09. The molecule has 2 saturated heterocycles. The van der Waals surface area contributed by atoms with E-state index in [0.717, 1.165) is 19.8 Å². The van der Waals surface area contributed by atoms with Gasteiger partial charge >= 0.3 is 0 Å². The van der Waals surface area contributed by atoms with Crippen molar-refractivity contribution in [1.82, 2.24) is 10.6 Å². The fourth-order valence-electron chi connectivity index (χ4n) is 1.46. The first-order chi connectivity index (χ1) is 4.95. The van der Waals surface area contributed by atoms with Crippen LogP contribution < -0.4 is 10.6 Å². The quantitative estimate of drug-likeness (QED) is 0.689. The molecule has 74 valence electrons. The molecule has 2 aliphatic heterocycles. The Morgan fingerprint density at radius 1 is 1.17 bits per heavy atom. The molecule has 2 N–H and O–H groups in total. The average molecular weight is 215 g/mol. The third kappa shape index (κ3) is 3.07. The van der Waals surface area contributed by atoms with Gasteiger partial charge in [-0.25, -0.2) is 0 Å². The van der Waals surface area contributed by atoms with E-state index < -0.39 is 0 Å². The van der Waals surface area contributed by atoms with Crippen LogP contribution in [-0.2, 0) is 4.74 Å². The van der Waals surface area contributed by atoms with Gasteiger partial charge in [-0.3, -0.25) is 0 Å². The Morgan fingerprint density at radius 2 is 1.92 bits per heavy atom. The second kappa shape index (κ2) is 6.00. The number of nitrogens with one attached hydrogen (secondary N) is 2. The molecule has 0 aromatic carbocycles. The van der Waals surface area contributed by atoms with Crippen LogP contribution in [-0.4, -0.2) is 38.4 Å². The summed E-state index contributed by atoms with van der Waals surface area (Å²) in [5.74, 6) is 0. The van der Waals surface area contributed by atoms with Crippen molar-refractivity contribution in [3.05, 3.63) is 0 Å². The van der Waals surface area contributed by atoms with Gasteiger partial charge in [-0.15, -0.1) is 24.8 Å². The Labute approximate surface area is 85.4 Å². The van der Waals surface area contributed by atoms with E-state index in [4.69, 9.17) is 4.74 Å². The van der Waals surface area contributed by atoms with Crippen molar-refractivity contribution in [3.8, 4) is 0 Å². The largest absolute Gasteiger partial charge is 0.378 e. The van der Waals surface area contributed by atoms with Gasteiger partial charge in [0.1, 0.15) is 0 Å². The Bertz CT molecular complexity index is 116. The lowest BCUT2D eigenvalue weighted by Gasteiger charge is -2.29. The molecule has 0 aromatic rings. The zero-order valence-corrected chi connectivity index (χ0v) is 8.55. The van der Waals surface area contributed by atoms with Crippen molar-refractivity contribution in [2.75, 3.05) is 26.3 Å². The van der Waals surface area contributed by atoms with Gasteiger partial charge in [0.15, 0.2) is 0 Å². The maximum Gasteiger partial charge on any atom is 0.0643 e. The zero-order valence-electron chi connectivity index (χ0n) is 6.91. The van der Waals surface area contributed by atoms with Crippen LogP contribution in [0.3, 0.4) is 0 Å². The highest BCUT2D eigenvalue weighted by atomic mass is 35.5. The number of hydrogen-bond acceptors (Lipinski definition) is 3. The molecular weight excluding hydrogens is 199 g/mol. The summed E-state index contributed by atoms with van der Waals surface area (Å²) >= 11 is 0. The van der Waals surface area contributed by atoms with Crippen molar-refractivity contribution in [3.63, 3.8) is 0 Å². The summed E-state index contributed by atoms with van der Waals surface area (Å²) in [5, 5.41) is 6.85. The van der Waals surface area contributed by atoms with E-state index in [9.17, 15) is 0 Å². The summed E-state index contributed by atoms with van der Waals surface area (Å²) in [6.45, 7) is 4.13. The molecule has 0 spiro atoms. The molecule has 0 bridgehead atoms. The summed E-state index contributed by atoms with van der Waals surface area (Å²) < 4.78 is 5.06. The van der Waals surface area contributed by atoms with E-state index in [-0.39, 0.29) is 24.8 Å².